The number of imide groups is 1. The Morgan fingerprint density at radius 3 is 2.24 bits per heavy atom. The van der Waals surface area contributed by atoms with E-state index >= 15 is 0 Å². The first-order chi connectivity index (χ1) is 17.5. The van der Waals surface area contributed by atoms with Crippen molar-refractivity contribution in [2.24, 2.45) is 0 Å². The number of fused-ring (bicyclic) bond motifs is 1. The Hall–Kier alpha value is -3.86. The molecule has 3 N–H and O–H groups in total. The van der Waals surface area contributed by atoms with Crippen molar-refractivity contribution in [1.82, 2.24) is 10.0 Å². The molecule has 0 bridgehead atoms. The third-order valence-corrected chi connectivity index (χ3v) is 7.77. The lowest BCUT2D eigenvalue weighted by molar-refractivity contribution is -0.142. The van der Waals surface area contributed by atoms with Gasteiger partial charge in [0.2, 0.25) is 10.0 Å². The van der Waals surface area contributed by atoms with Crippen LogP contribution < -0.4 is 10.0 Å². The van der Waals surface area contributed by atoms with Gasteiger partial charge in [-0.3, -0.25) is 19.7 Å². The van der Waals surface area contributed by atoms with Crippen LogP contribution in [0.3, 0.4) is 0 Å². The van der Waals surface area contributed by atoms with Gasteiger partial charge in [0.15, 0.2) is 11.3 Å². The van der Waals surface area contributed by atoms with Gasteiger partial charge in [-0.1, -0.05) is 67.4 Å². The second kappa shape index (κ2) is 9.89. The first kappa shape index (κ1) is 26.2. The van der Waals surface area contributed by atoms with Gasteiger partial charge < -0.3 is 5.11 Å². The molecule has 1 aliphatic rings. The van der Waals surface area contributed by atoms with E-state index in [2.05, 4.69) is 10.0 Å². The summed E-state index contributed by atoms with van der Waals surface area (Å²) in [5.74, 6) is -4.18. The molecule has 2 amide bonds. The fourth-order valence-electron chi connectivity index (χ4n) is 4.25. The molecule has 0 spiro atoms. The fourth-order valence-corrected chi connectivity index (χ4v) is 6.09. The summed E-state index contributed by atoms with van der Waals surface area (Å²) in [6, 6.07) is 16.2. The molecular formula is C26H21ClN2O7S. The lowest BCUT2D eigenvalue weighted by atomic mass is 9.85. The molecule has 37 heavy (non-hydrogen) atoms. The van der Waals surface area contributed by atoms with Gasteiger partial charge in [-0.15, -0.1) is 0 Å². The van der Waals surface area contributed by atoms with Crippen LogP contribution in [0.1, 0.15) is 50.8 Å². The zero-order valence-corrected chi connectivity index (χ0v) is 21.0. The summed E-state index contributed by atoms with van der Waals surface area (Å²) in [5.41, 5.74) is -2.11. The van der Waals surface area contributed by atoms with Crippen LogP contribution in [-0.2, 0) is 14.8 Å². The molecule has 0 saturated heterocycles. The molecule has 4 rings (SSSR count). The molecule has 0 aliphatic carbocycles. The first-order valence-electron chi connectivity index (χ1n) is 11.2. The Morgan fingerprint density at radius 1 is 0.946 bits per heavy atom. The molecule has 1 atom stereocenters. The van der Waals surface area contributed by atoms with Gasteiger partial charge in [-0.05, 0) is 36.2 Å². The van der Waals surface area contributed by atoms with E-state index in [0.717, 1.165) is 6.07 Å². The SMILES string of the molecule is CCC[C@](NS(=O)(=O)c1cc(Cl)ccc1-c1ccccc1)(C(=O)O)C(=O)c1ccc2c(c1)C(=O)NC2=O. The van der Waals surface area contributed by atoms with Crippen LogP contribution in [0.2, 0.25) is 5.02 Å². The molecular weight excluding hydrogens is 520 g/mol. The highest BCUT2D eigenvalue weighted by molar-refractivity contribution is 7.89. The lowest BCUT2D eigenvalue weighted by Crippen LogP contribution is -2.60. The van der Waals surface area contributed by atoms with Gasteiger partial charge in [0.1, 0.15) is 0 Å². The Bertz CT molecular complexity index is 1550. The van der Waals surface area contributed by atoms with Gasteiger partial charge in [-0.2, -0.15) is 4.72 Å². The fraction of sp³-hybridized carbons (Fsp3) is 0.154. The average Bonchev–Trinajstić information content (AvgIpc) is 3.16. The highest BCUT2D eigenvalue weighted by Crippen LogP contribution is 2.32. The number of carbonyl (C=O) groups excluding carboxylic acids is 3. The maximum absolute atomic E-state index is 13.7. The molecule has 11 heteroatoms. The highest BCUT2D eigenvalue weighted by Gasteiger charge is 2.49. The van der Waals surface area contributed by atoms with Gasteiger partial charge in [-0.25, -0.2) is 13.2 Å². The third-order valence-electron chi connectivity index (χ3n) is 6.00. The van der Waals surface area contributed by atoms with Gasteiger partial charge in [0, 0.05) is 16.1 Å². The minimum absolute atomic E-state index is 0.0324. The van der Waals surface area contributed by atoms with E-state index in [1.807, 2.05) is 0 Å². The Labute approximate surface area is 217 Å². The molecule has 0 saturated carbocycles. The number of hydrogen-bond donors (Lipinski definition) is 3. The van der Waals surface area contributed by atoms with Crippen LogP contribution in [0, 0.1) is 0 Å². The highest BCUT2D eigenvalue weighted by atomic mass is 35.5. The molecule has 1 heterocycles. The molecule has 1 aliphatic heterocycles. The van der Waals surface area contributed by atoms with Crippen LogP contribution >= 0.6 is 11.6 Å². The minimum atomic E-state index is -4.64. The normalized spacial score (nSPS) is 14.5. The third kappa shape index (κ3) is 4.78. The molecule has 0 radical (unpaired) electrons. The summed E-state index contributed by atoms with van der Waals surface area (Å²) in [5, 5.41) is 12.4. The van der Waals surface area contributed by atoms with Crippen molar-refractivity contribution < 1.29 is 32.7 Å². The van der Waals surface area contributed by atoms with E-state index in [9.17, 15) is 32.7 Å². The first-order valence-corrected chi connectivity index (χ1v) is 13.0. The summed E-state index contributed by atoms with van der Waals surface area (Å²) in [4.78, 5) is 49.9. The number of sulfonamides is 1. The number of aliphatic carboxylic acids is 1. The molecule has 0 fully saturated rings. The lowest BCUT2D eigenvalue weighted by Gasteiger charge is -2.29. The maximum atomic E-state index is 13.7. The number of rotatable bonds is 9. The smallest absolute Gasteiger partial charge is 0.333 e. The van der Waals surface area contributed by atoms with E-state index in [1.165, 1.54) is 30.3 Å². The number of ketones is 1. The zero-order valence-electron chi connectivity index (χ0n) is 19.4. The van der Waals surface area contributed by atoms with Crippen molar-refractivity contribution in [2.75, 3.05) is 0 Å². The summed E-state index contributed by atoms with van der Waals surface area (Å²) < 4.78 is 29.5. The molecule has 3 aromatic rings. The van der Waals surface area contributed by atoms with Crippen molar-refractivity contribution in [1.29, 1.82) is 0 Å². The number of carbonyl (C=O) groups is 4. The topological polar surface area (TPSA) is 147 Å². The molecule has 0 aromatic heterocycles. The number of carboxylic acids is 1. The van der Waals surface area contributed by atoms with E-state index in [1.54, 1.807) is 37.3 Å². The van der Waals surface area contributed by atoms with Crippen molar-refractivity contribution in [2.45, 2.75) is 30.2 Å². The summed E-state index contributed by atoms with van der Waals surface area (Å²) >= 11 is 6.10. The van der Waals surface area contributed by atoms with Crippen molar-refractivity contribution in [3.05, 3.63) is 88.4 Å². The molecule has 9 nitrogen and oxygen atoms in total. The maximum Gasteiger partial charge on any atom is 0.333 e. The monoisotopic (exact) mass is 540 g/mol. The van der Waals surface area contributed by atoms with Gasteiger partial charge in [0.25, 0.3) is 11.8 Å². The Kier molecular flexibility index (Phi) is 7.00. The van der Waals surface area contributed by atoms with Crippen LogP contribution in [0.5, 0.6) is 0 Å². The number of nitrogens with one attached hydrogen (secondary N) is 2. The number of Topliss-reactive ketones (excluding diaryl/α,β-unsaturated/α-hetero) is 1. The number of amides is 2. The van der Waals surface area contributed by atoms with Crippen molar-refractivity contribution in [3.63, 3.8) is 0 Å². The second-order valence-corrected chi connectivity index (χ2v) is 10.5. The summed E-state index contributed by atoms with van der Waals surface area (Å²) in [6.07, 6.45) is -0.255. The second-order valence-electron chi connectivity index (χ2n) is 8.45. The number of hydrogen-bond acceptors (Lipinski definition) is 6. The van der Waals surface area contributed by atoms with Gasteiger partial charge >= 0.3 is 5.97 Å². The van der Waals surface area contributed by atoms with E-state index < -0.39 is 39.1 Å². The molecule has 3 aromatic carbocycles. The number of carboxylic acid groups (broad SMARTS) is 1. The number of benzene rings is 3. The minimum Gasteiger partial charge on any atom is -0.479 e. The van der Waals surface area contributed by atoms with Crippen molar-refractivity contribution >= 4 is 45.2 Å². The molecule has 190 valence electrons. The predicted molar refractivity (Wildman–Crippen MR) is 135 cm³/mol. The standard InChI is InChI=1S/C26H21ClN2O7S/c1-2-12-26(25(33)34,22(30)16-8-10-19-20(13-16)24(32)28-23(19)31)29-37(35,36)21-14-17(27)9-11-18(21)15-6-4-3-5-7-15/h3-11,13-14,29H,2,12H2,1H3,(H,33,34)(H,28,31,32)/t26-/m1/s1. The zero-order chi connectivity index (χ0) is 27.0. The molecule has 0 unspecified atom stereocenters. The summed E-state index contributed by atoms with van der Waals surface area (Å²) in [6.45, 7) is 1.60. The average molecular weight is 541 g/mol. The van der Waals surface area contributed by atoms with E-state index in [-0.39, 0.29) is 45.0 Å². The predicted octanol–water partition coefficient (Wildman–Crippen LogP) is 3.68. The largest absolute Gasteiger partial charge is 0.479 e. The van der Waals surface area contributed by atoms with Crippen molar-refractivity contribution in [3.8, 4) is 11.1 Å². The van der Waals surface area contributed by atoms with Gasteiger partial charge in [0.05, 0.1) is 16.0 Å². The van der Waals surface area contributed by atoms with Crippen LogP contribution in [0.25, 0.3) is 11.1 Å². The van der Waals surface area contributed by atoms with Crippen LogP contribution in [0.4, 0.5) is 0 Å². The number of halogens is 1. The van der Waals surface area contributed by atoms with E-state index in [0.29, 0.717) is 5.56 Å². The quantitative estimate of drug-likeness (QED) is 0.213. The van der Waals surface area contributed by atoms with E-state index in [4.69, 9.17) is 11.6 Å². The summed E-state index contributed by atoms with van der Waals surface area (Å²) in [7, 11) is -4.64. The Balaban J connectivity index is 1.84. The Morgan fingerprint density at radius 2 is 1.59 bits per heavy atom. The van der Waals surface area contributed by atoms with Crippen LogP contribution in [-0.4, -0.2) is 42.6 Å². The van der Waals surface area contributed by atoms with Crippen LogP contribution in [0.15, 0.2) is 71.6 Å².